The maximum Gasteiger partial charge on any atom is 0.229 e. The highest BCUT2D eigenvalue weighted by Gasteiger charge is 2.17. The SMILES string of the molecule is Cc1cc(NC(=O)Cc2ccc3ccccc3c2)n(-c2nc3c(C)ccc(Cl)c3s2)n1. The number of rotatable bonds is 4. The Labute approximate surface area is 188 Å². The Morgan fingerprint density at radius 2 is 1.87 bits per heavy atom. The van der Waals surface area contributed by atoms with Crippen molar-refractivity contribution in [3.05, 3.63) is 82.5 Å². The van der Waals surface area contributed by atoms with Crippen LogP contribution in [0.3, 0.4) is 0 Å². The third-order valence-electron chi connectivity index (χ3n) is 5.14. The standard InChI is InChI=1S/C24H19ClN4OS/c1-14-7-10-19(25)23-22(14)27-24(31-23)29-20(11-15(2)28-29)26-21(30)13-16-8-9-17-5-3-4-6-18(17)12-16/h3-12H,13H2,1-2H3,(H,26,30). The molecule has 5 nitrogen and oxygen atoms in total. The van der Waals surface area contributed by atoms with Crippen molar-refractivity contribution in [1.29, 1.82) is 0 Å². The molecule has 0 saturated carbocycles. The highest BCUT2D eigenvalue weighted by molar-refractivity contribution is 7.21. The lowest BCUT2D eigenvalue weighted by Gasteiger charge is -2.07. The number of fused-ring (bicyclic) bond motifs is 2. The molecule has 31 heavy (non-hydrogen) atoms. The summed E-state index contributed by atoms with van der Waals surface area (Å²) in [5.41, 5.74) is 3.66. The van der Waals surface area contributed by atoms with Gasteiger partial charge in [-0.05, 0) is 41.8 Å². The quantitative estimate of drug-likeness (QED) is 0.363. The molecule has 7 heteroatoms. The molecule has 0 aliphatic carbocycles. The fourth-order valence-corrected chi connectivity index (χ4v) is 4.92. The van der Waals surface area contributed by atoms with Crippen LogP contribution in [-0.2, 0) is 11.2 Å². The van der Waals surface area contributed by atoms with Crippen LogP contribution < -0.4 is 5.32 Å². The van der Waals surface area contributed by atoms with Crippen LogP contribution in [0, 0.1) is 13.8 Å². The first kappa shape index (κ1) is 19.7. The van der Waals surface area contributed by atoms with Gasteiger partial charge in [-0.1, -0.05) is 71.5 Å². The zero-order valence-corrected chi connectivity index (χ0v) is 18.6. The number of nitrogens with one attached hydrogen (secondary N) is 1. The van der Waals surface area contributed by atoms with Crippen LogP contribution >= 0.6 is 22.9 Å². The fourth-order valence-electron chi connectivity index (χ4n) is 3.64. The minimum Gasteiger partial charge on any atom is -0.310 e. The topological polar surface area (TPSA) is 59.8 Å². The van der Waals surface area contributed by atoms with Crippen molar-refractivity contribution in [2.75, 3.05) is 5.32 Å². The number of aromatic nitrogens is 3. The lowest BCUT2D eigenvalue weighted by Crippen LogP contribution is -2.17. The van der Waals surface area contributed by atoms with Crippen molar-refractivity contribution in [2.45, 2.75) is 20.3 Å². The minimum atomic E-state index is -0.105. The molecule has 0 saturated heterocycles. The normalized spacial score (nSPS) is 11.3. The van der Waals surface area contributed by atoms with Crippen LogP contribution in [0.1, 0.15) is 16.8 Å². The molecular weight excluding hydrogens is 428 g/mol. The van der Waals surface area contributed by atoms with Crippen LogP contribution in [-0.4, -0.2) is 20.7 Å². The third-order valence-corrected chi connectivity index (χ3v) is 6.64. The van der Waals surface area contributed by atoms with Crippen molar-refractivity contribution in [1.82, 2.24) is 14.8 Å². The number of aryl methyl sites for hydroxylation is 2. The maximum atomic E-state index is 12.8. The average molecular weight is 447 g/mol. The van der Waals surface area contributed by atoms with Gasteiger partial charge in [0.25, 0.3) is 0 Å². The summed E-state index contributed by atoms with van der Waals surface area (Å²) in [5, 5.41) is 11.1. The van der Waals surface area contributed by atoms with E-state index in [0.29, 0.717) is 16.0 Å². The van der Waals surface area contributed by atoms with Gasteiger partial charge in [-0.25, -0.2) is 4.98 Å². The lowest BCUT2D eigenvalue weighted by atomic mass is 10.1. The molecule has 0 aliphatic rings. The molecule has 0 spiro atoms. The van der Waals surface area contributed by atoms with Crippen LogP contribution in [0.4, 0.5) is 5.82 Å². The van der Waals surface area contributed by atoms with Gasteiger partial charge in [0.1, 0.15) is 5.82 Å². The predicted octanol–water partition coefficient (Wildman–Crippen LogP) is 6.09. The first-order valence-electron chi connectivity index (χ1n) is 9.88. The van der Waals surface area contributed by atoms with Gasteiger partial charge in [0.2, 0.25) is 11.0 Å². The molecule has 5 rings (SSSR count). The molecule has 0 radical (unpaired) electrons. The van der Waals surface area contributed by atoms with E-state index >= 15 is 0 Å². The molecule has 1 amide bonds. The second kappa shape index (κ2) is 7.80. The molecule has 0 aliphatic heterocycles. The molecule has 1 N–H and O–H groups in total. The van der Waals surface area contributed by atoms with E-state index < -0.39 is 0 Å². The monoisotopic (exact) mass is 446 g/mol. The Morgan fingerprint density at radius 3 is 2.68 bits per heavy atom. The van der Waals surface area contributed by atoms with E-state index in [1.165, 1.54) is 11.3 Å². The first-order chi connectivity index (χ1) is 15.0. The molecule has 5 aromatic rings. The minimum absolute atomic E-state index is 0.105. The van der Waals surface area contributed by atoms with E-state index in [0.717, 1.165) is 37.8 Å². The number of carbonyl (C=O) groups is 1. The van der Waals surface area contributed by atoms with Gasteiger partial charge in [-0.15, -0.1) is 0 Å². The Morgan fingerprint density at radius 1 is 1.06 bits per heavy atom. The van der Waals surface area contributed by atoms with Gasteiger partial charge in [-0.3, -0.25) is 4.79 Å². The number of thiazole rings is 1. The summed E-state index contributed by atoms with van der Waals surface area (Å²) in [5.74, 6) is 0.489. The van der Waals surface area contributed by atoms with Gasteiger partial charge in [0.05, 0.1) is 27.4 Å². The number of halogens is 1. The molecule has 0 fully saturated rings. The summed E-state index contributed by atoms with van der Waals surface area (Å²) in [6.07, 6.45) is 0.278. The van der Waals surface area contributed by atoms with Crippen molar-refractivity contribution in [2.24, 2.45) is 0 Å². The number of hydrogen-bond acceptors (Lipinski definition) is 4. The van der Waals surface area contributed by atoms with Crippen molar-refractivity contribution in [3.8, 4) is 5.13 Å². The van der Waals surface area contributed by atoms with Gasteiger partial charge >= 0.3 is 0 Å². The number of nitrogens with zero attached hydrogens (tertiary/aromatic N) is 3. The summed E-state index contributed by atoms with van der Waals surface area (Å²) in [4.78, 5) is 17.5. The van der Waals surface area contributed by atoms with Crippen LogP contribution in [0.25, 0.3) is 26.1 Å². The summed E-state index contributed by atoms with van der Waals surface area (Å²) in [6, 6.07) is 19.9. The Kier molecular flexibility index (Phi) is 4.96. The average Bonchev–Trinajstić information content (AvgIpc) is 3.35. The number of amides is 1. The van der Waals surface area contributed by atoms with Crippen molar-refractivity contribution < 1.29 is 4.79 Å². The third kappa shape index (κ3) is 3.80. The van der Waals surface area contributed by atoms with E-state index in [2.05, 4.69) is 28.6 Å². The Bertz CT molecular complexity index is 1410. The smallest absolute Gasteiger partial charge is 0.229 e. The highest BCUT2D eigenvalue weighted by Crippen LogP contribution is 2.34. The van der Waals surface area contributed by atoms with Crippen molar-refractivity contribution >= 4 is 55.7 Å². The Balaban J connectivity index is 1.43. The fraction of sp³-hybridized carbons (Fsp3) is 0.125. The second-order valence-corrected chi connectivity index (χ2v) is 8.91. The molecule has 0 bridgehead atoms. The van der Waals surface area contributed by atoms with Gasteiger partial charge in [-0.2, -0.15) is 9.78 Å². The maximum absolute atomic E-state index is 12.8. The molecule has 2 heterocycles. The molecule has 0 atom stereocenters. The first-order valence-corrected chi connectivity index (χ1v) is 11.1. The summed E-state index contributed by atoms with van der Waals surface area (Å²) in [6.45, 7) is 3.89. The van der Waals surface area contributed by atoms with Crippen LogP contribution in [0.5, 0.6) is 0 Å². The molecular formula is C24H19ClN4OS. The number of anilines is 1. The molecule has 0 unspecified atom stereocenters. The zero-order valence-electron chi connectivity index (χ0n) is 17.0. The molecule has 154 valence electrons. The summed E-state index contributed by atoms with van der Waals surface area (Å²) < 4.78 is 2.59. The second-order valence-electron chi connectivity index (χ2n) is 7.53. The van der Waals surface area contributed by atoms with Gasteiger partial charge < -0.3 is 5.32 Å². The van der Waals surface area contributed by atoms with Crippen molar-refractivity contribution in [3.63, 3.8) is 0 Å². The lowest BCUT2D eigenvalue weighted by molar-refractivity contribution is -0.115. The number of hydrogen-bond donors (Lipinski definition) is 1. The number of benzene rings is 3. The van der Waals surface area contributed by atoms with Gasteiger partial charge in [0.15, 0.2) is 0 Å². The van der Waals surface area contributed by atoms with Crippen LogP contribution in [0.15, 0.2) is 60.7 Å². The highest BCUT2D eigenvalue weighted by atomic mass is 35.5. The predicted molar refractivity (Wildman–Crippen MR) is 128 cm³/mol. The van der Waals surface area contributed by atoms with E-state index in [1.807, 2.05) is 56.3 Å². The summed E-state index contributed by atoms with van der Waals surface area (Å²) >= 11 is 7.82. The molecule has 2 aromatic heterocycles. The summed E-state index contributed by atoms with van der Waals surface area (Å²) in [7, 11) is 0. The largest absolute Gasteiger partial charge is 0.310 e. The Hall–Kier alpha value is -3.22. The van der Waals surface area contributed by atoms with E-state index in [-0.39, 0.29) is 12.3 Å². The zero-order chi connectivity index (χ0) is 21.5. The molecule has 3 aromatic carbocycles. The van der Waals surface area contributed by atoms with Crippen LogP contribution in [0.2, 0.25) is 5.02 Å². The van der Waals surface area contributed by atoms with E-state index in [9.17, 15) is 4.79 Å². The van der Waals surface area contributed by atoms with E-state index in [1.54, 1.807) is 4.68 Å². The number of carbonyl (C=O) groups excluding carboxylic acids is 1. The van der Waals surface area contributed by atoms with Gasteiger partial charge in [0, 0.05) is 6.07 Å². The van der Waals surface area contributed by atoms with E-state index in [4.69, 9.17) is 16.6 Å².